The van der Waals surface area contributed by atoms with Crippen molar-refractivity contribution in [1.29, 1.82) is 0 Å². The molecule has 0 unspecified atom stereocenters. The molecule has 1 aliphatic heterocycles. The molecule has 0 radical (unpaired) electrons. The summed E-state index contributed by atoms with van der Waals surface area (Å²) < 4.78 is 38.8. The zero-order valence-corrected chi connectivity index (χ0v) is 11.7. The molecule has 0 saturated carbocycles. The number of phenolic OH excluding ortho intramolecular Hbond substituents is 1. The van der Waals surface area contributed by atoms with Gasteiger partial charge in [0.25, 0.3) is 0 Å². The summed E-state index contributed by atoms with van der Waals surface area (Å²) in [6, 6.07) is 2.82. The number of aromatic hydroxyl groups is 1. The molecule has 114 valence electrons. The number of rotatable bonds is 4. The Morgan fingerprint density at radius 3 is 2.50 bits per heavy atom. The van der Waals surface area contributed by atoms with Crippen molar-refractivity contribution in [2.45, 2.75) is 18.9 Å². The fourth-order valence-corrected chi connectivity index (χ4v) is 2.43. The van der Waals surface area contributed by atoms with Crippen LogP contribution in [0.4, 0.5) is 13.2 Å². The van der Waals surface area contributed by atoms with Gasteiger partial charge >= 0.3 is 0 Å². The van der Waals surface area contributed by atoms with E-state index in [4.69, 9.17) is 0 Å². The van der Waals surface area contributed by atoms with Crippen LogP contribution in [-0.2, 0) is 0 Å². The summed E-state index contributed by atoms with van der Waals surface area (Å²) in [5, 5.41) is 12.9. The minimum Gasteiger partial charge on any atom is -0.508 e. The number of benzene rings is 1. The molecule has 1 aromatic rings. The van der Waals surface area contributed by atoms with Gasteiger partial charge in [-0.1, -0.05) is 0 Å². The normalized spacial score (nSPS) is 17.8. The lowest BCUT2D eigenvalue weighted by molar-refractivity contribution is 0.0728. The van der Waals surface area contributed by atoms with Crippen molar-refractivity contribution in [2.24, 2.45) is 0 Å². The third-order valence-electron chi connectivity index (χ3n) is 3.34. The Morgan fingerprint density at radius 1 is 1.25 bits per heavy atom. The van der Waals surface area contributed by atoms with Crippen LogP contribution in [0.1, 0.15) is 18.0 Å². The van der Waals surface area contributed by atoms with E-state index >= 15 is 0 Å². The first-order valence-electron chi connectivity index (χ1n) is 6.29. The highest BCUT2D eigenvalue weighted by Gasteiger charge is 2.27. The molecular weight excluding hydrogens is 293 g/mol. The van der Waals surface area contributed by atoms with E-state index < -0.39 is 24.7 Å². The summed E-state index contributed by atoms with van der Waals surface area (Å²) in [5.41, 5.74) is 0.238. The number of nitrogens with zero attached hydrogens (tertiary/aromatic N) is 1. The number of hydrogen-bond donors (Lipinski definition) is 2. The zero-order chi connectivity index (χ0) is 13.8. The van der Waals surface area contributed by atoms with E-state index in [0.29, 0.717) is 26.2 Å². The number of piperazine rings is 1. The molecule has 7 heteroatoms. The van der Waals surface area contributed by atoms with Crippen LogP contribution in [0.3, 0.4) is 0 Å². The molecule has 1 fully saturated rings. The second-order valence-electron chi connectivity index (χ2n) is 4.63. The van der Waals surface area contributed by atoms with Crippen molar-refractivity contribution in [3.05, 3.63) is 29.6 Å². The number of halogens is 4. The van der Waals surface area contributed by atoms with Crippen molar-refractivity contribution < 1.29 is 18.3 Å². The molecule has 0 spiro atoms. The van der Waals surface area contributed by atoms with Gasteiger partial charge in [0, 0.05) is 44.2 Å². The highest BCUT2D eigenvalue weighted by atomic mass is 35.5. The fourth-order valence-electron chi connectivity index (χ4n) is 2.43. The van der Waals surface area contributed by atoms with Crippen LogP contribution >= 0.6 is 12.4 Å². The molecule has 3 nitrogen and oxygen atoms in total. The first-order valence-corrected chi connectivity index (χ1v) is 6.29. The quantitative estimate of drug-likeness (QED) is 0.897. The summed E-state index contributed by atoms with van der Waals surface area (Å²) in [5.74, 6) is -0.659. The van der Waals surface area contributed by atoms with E-state index in [1.807, 2.05) is 4.90 Å². The van der Waals surface area contributed by atoms with Gasteiger partial charge < -0.3 is 10.4 Å². The van der Waals surface area contributed by atoms with Crippen molar-refractivity contribution in [1.82, 2.24) is 10.2 Å². The molecule has 0 aliphatic carbocycles. The maximum atomic E-state index is 13.3. The molecule has 1 aromatic carbocycles. The molecule has 2 rings (SSSR count). The number of hydrogen-bond acceptors (Lipinski definition) is 3. The first-order chi connectivity index (χ1) is 9.08. The van der Waals surface area contributed by atoms with E-state index in [0.717, 1.165) is 12.1 Å². The highest BCUT2D eigenvalue weighted by molar-refractivity contribution is 5.85. The lowest BCUT2D eigenvalue weighted by Crippen LogP contribution is -2.45. The van der Waals surface area contributed by atoms with Crippen LogP contribution in [0, 0.1) is 5.82 Å². The summed E-state index contributed by atoms with van der Waals surface area (Å²) >= 11 is 0. The predicted molar refractivity (Wildman–Crippen MR) is 73.1 cm³/mol. The molecule has 0 aromatic heterocycles. The molecule has 1 heterocycles. The van der Waals surface area contributed by atoms with Crippen LogP contribution < -0.4 is 5.32 Å². The van der Waals surface area contributed by atoms with E-state index in [2.05, 4.69) is 5.32 Å². The van der Waals surface area contributed by atoms with Gasteiger partial charge in [-0.15, -0.1) is 12.4 Å². The van der Waals surface area contributed by atoms with E-state index in [9.17, 15) is 18.3 Å². The largest absolute Gasteiger partial charge is 0.508 e. The predicted octanol–water partition coefficient (Wildman–Crippen LogP) is 2.55. The molecule has 1 atom stereocenters. The maximum absolute atomic E-state index is 13.3. The Labute approximate surface area is 122 Å². The van der Waals surface area contributed by atoms with Crippen LogP contribution in [0.15, 0.2) is 18.2 Å². The molecule has 20 heavy (non-hydrogen) atoms. The van der Waals surface area contributed by atoms with Gasteiger partial charge in [0.05, 0.1) is 0 Å². The van der Waals surface area contributed by atoms with Gasteiger partial charge in [-0.25, -0.2) is 13.2 Å². The van der Waals surface area contributed by atoms with Gasteiger partial charge in [0.2, 0.25) is 6.43 Å². The van der Waals surface area contributed by atoms with E-state index in [-0.39, 0.29) is 23.7 Å². The highest BCUT2D eigenvalue weighted by Crippen LogP contribution is 2.33. The van der Waals surface area contributed by atoms with Crippen LogP contribution in [0.25, 0.3) is 0 Å². The van der Waals surface area contributed by atoms with Gasteiger partial charge in [0.15, 0.2) is 0 Å². The standard InChI is InChI=1S/C13H17F3N2O.ClH/c14-9-1-2-12(19)10(7-9)11(8-13(15)16)18-5-3-17-4-6-18;/h1-2,7,11,13,17,19H,3-6,8H2;1H/t11-;/m0./s1. The van der Waals surface area contributed by atoms with E-state index in [1.165, 1.54) is 6.07 Å². The average molecular weight is 311 g/mol. The molecular formula is C13H18ClF3N2O. The second-order valence-corrected chi connectivity index (χ2v) is 4.63. The lowest BCUT2D eigenvalue weighted by Gasteiger charge is -2.35. The molecule has 0 bridgehead atoms. The molecule has 2 N–H and O–H groups in total. The van der Waals surface area contributed by atoms with Crippen LogP contribution in [-0.4, -0.2) is 42.6 Å². The average Bonchev–Trinajstić information content (AvgIpc) is 2.40. The van der Waals surface area contributed by atoms with Crippen LogP contribution in [0.5, 0.6) is 5.75 Å². The third-order valence-corrected chi connectivity index (χ3v) is 3.34. The minimum absolute atomic E-state index is 0. The van der Waals surface area contributed by atoms with Crippen molar-refractivity contribution in [2.75, 3.05) is 26.2 Å². The SMILES string of the molecule is Cl.Oc1ccc(F)cc1[C@H](CC(F)F)N1CCNCC1. The second kappa shape index (κ2) is 7.71. The van der Waals surface area contributed by atoms with Gasteiger partial charge in [-0.05, 0) is 18.2 Å². The molecule has 0 amide bonds. The maximum Gasteiger partial charge on any atom is 0.240 e. The first kappa shape index (κ1) is 17.1. The lowest BCUT2D eigenvalue weighted by atomic mass is 10.00. The summed E-state index contributed by atoms with van der Waals surface area (Å²) in [6.45, 7) is 2.62. The molecule has 1 saturated heterocycles. The number of alkyl halides is 2. The monoisotopic (exact) mass is 310 g/mol. The zero-order valence-electron chi connectivity index (χ0n) is 10.9. The van der Waals surface area contributed by atoms with Gasteiger partial charge in [-0.3, -0.25) is 4.90 Å². The van der Waals surface area contributed by atoms with Crippen LogP contribution in [0.2, 0.25) is 0 Å². The minimum atomic E-state index is -2.50. The Hall–Kier alpha value is -0.980. The summed E-state index contributed by atoms with van der Waals surface area (Å²) in [6.07, 6.45) is -2.90. The Morgan fingerprint density at radius 2 is 1.90 bits per heavy atom. The fraction of sp³-hybridized carbons (Fsp3) is 0.538. The Balaban J connectivity index is 0.00000200. The number of nitrogens with one attached hydrogen (secondary N) is 1. The third kappa shape index (κ3) is 4.26. The van der Waals surface area contributed by atoms with Gasteiger partial charge in [-0.2, -0.15) is 0 Å². The van der Waals surface area contributed by atoms with Gasteiger partial charge in [0.1, 0.15) is 11.6 Å². The van der Waals surface area contributed by atoms with E-state index in [1.54, 1.807) is 0 Å². The molecule has 1 aliphatic rings. The Bertz CT molecular complexity index is 428. The van der Waals surface area contributed by atoms with Crippen molar-refractivity contribution in [3.8, 4) is 5.75 Å². The number of phenols is 1. The smallest absolute Gasteiger partial charge is 0.240 e. The van der Waals surface area contributed by atoms with Crippen molar-refractivity contribution in [3.63, 3.8) is 0 Å². The summed E-state index contributed by atoms with van der Waals surface area (Å²) in [7, 11) is 0. The van der Waals surface area contributed by atoms with Crippen molar-refractivity contribution >= 4 is 12.4 Å². The summed E-state index contributed by atoms with van der Waals surface area (Å²) in [4.78, 5) is 1.86. The Kier molecular flexibility index (Phi) is 6.58. The topological polar surface area (TPSA) is 35.5 Å².